The molecule has 1 amide bonds. The highest BCUT2D eigenvalue weighted by molar-refractivity contribution is 7.89. The number of amides is 1. The van der Waals surface area contributed by atoms with Gasteiger partial charge in [0.15, 0.2) is 0 Å². The monoisotopic (exact) mass is 394 g/mol. The quantitative estimate of drug-likeness (QED) is 0.796. The van der Waals surface area contributed by atoms with Crippen molar-refractivity contribution in [1.29, 1.82) is 0 Å². The summed E-state index contributed by atoms with van der Waals surface area (Å²) in [5, 5.41) is 2.89. The highest BCUT2D eigenvalue weighted by atomic mass is 35.5. The van der Waals surface area contributed by atoms with Gasteiger partial charge in [-0.25, -0.2) is 8.42 Å². The number of benzene rings is 2. The number of nitrogens with one attached hydrogen (secondary N) is 1. The lowest BCUT2D eigenvalue weighted by atomic mass is 10.1. The maximum atomic E-state index is 12.7. The molecule has 0 heterocycles. The smallest absolute Gasteiger partial charge is 0.255 e. The number of anilines is 1. The zero-order valence-electron chi connectivity index (χ0n) is 15.3. The summed E-state index contributed by atoms with van der Waals surface area (Å²) in [5.41, 5.74) is 3.07. The summed E-state index contributed by atoms with van der Waals surface area (Å²) in [5.74, 6) is -0.388. The van der Waals surface area contributed by atoms with E-state index in [-0.39, 0.29) is 21.4 Å². The number of halogens is 1. The Morgan fingerprint density at radius 3 is 2.27 bits per heavy atom. The van der Waals surface area contributed by atoms with E-state index in [9.17, 15) is 13.2 Å². The Kier molecular flexibility index (Phi) is 6.44. The summed E-state index contributed by atoms with van der Waals surface area (Å²) in [4.78, 5) is 12.5. The van der Waals surface area contributed by atoms with E-state index in [1.165, 1.54) is 22.5 Å². The fraction of sp³-hybridized carbons (Fsp3) is 0.316. The highest BCUT2D eigenvalue weighted by Gasteiger charge is 2.25. The van der Waals surface area contributed by atoms with Gasteiger partial charge in [-0.1, -0.05) is 31.5 Å². The summed E-state index contributed by atoms with van der Waals surface area (Å²) >= 11 is 6.10. The molecule has 0 bridgehead atoms. The molecule has 5 nitrogen and oxygen atoms in total. The standard InChI is InChI=1S/C19H23ClN2O3S/c1-5-22(6-2)26(24,25)18-12-15(8-10-17(18)20)19(23)21-16-9-7-13(3)14(4)11-16/h7-12H,5-6H2,1-4H3,(H,21,23). The topological polar surface area (TPSA) is 66.5 Å². The van der Waals surface area contributed by atoms with Crippen molar-refractivity contribution in [3.63, 3.8) is 0 Å². The lowest BCUT2D eigenvalue weighted by Crippen LogP contribution is -2.31. The van der Waals surface area contributed by atoms with Gasteiger partial charge in [-0.3, -0.25) is 4.79 Å². The minimum atomic E-state index is -3.75. The van der Waals surface area contributed by atoms with Crippen molar-refractivity contribution in [3.05, 3.63) is 58.1 Å². The second kappa shape index (κ2) is 8.20. The molecule has 0 aromatic heterocycles. The van der Waals surface area contributed by atoms with Crippen molar-refractivity contribution in [2.24, 2.45) is 0 Å². The zero-order chi connectivity index (χ0) is 19.5. The van der Waals surface area contributed by atoms with Gasteiger partial charge in [0.2, 0.25) is 10.0 Å². The van der Waals surface area contributed by atoms with Gasteiger partial charge < -0.3 is 5.32 Å². The van der Waals surface area contributed by atoms with Crippen LogP contribution in [-0.2, 0) is 10.0 Å². The molecule has 0 radical (unpaired) electrons. The van der Waals surface area contributed by atoms with Gasteiger partial charge in [0.1, 0.15) is 4.90 Å². The van der Waals surface area contributed by atoms with Crippen molar-refractivity contribution in [1.82, 2.24) is 4.31 Å². The predicted octanol–water partition coefficient (Wildman–Crippen LogP) is 4.24. The van der Waals surface area contributed by atoms with E-state index in [0.29, 0.717) is 18.8 Å². The molecule has 2 rings (SSSR count). The van der Waals surface area contributed by atoms with Crippen LogP contribution in [0.1, 0.15) is 35.3 Å². The van der Waals surface area contributed by atoms with Gasteiger partial charge in [0.05, 0.1) is 5.02 Å². The maximum Gasteiger partial charge on any atom is 0.255 e. The summed E-state index contributed by atoms with van der Waals surface area (Å²) in [6.45, 7) is 8.12. The van der Waals surface area contributed by atoms with Gasteiger partial charge in [0, 0.05) is 24.3 Å². The molecular weight excluding hydrogens is 372 g/mol. The molecule has 2 aromatic rings. The predicted molar refractivity (Wildman–Crippen MR) is 105 cm³/mol. The van der Waals surface area contributed by atoms with Crippen LogP contribution in [0.4, 0.5) is 5.69 Å². The van der Waals surface area contributed by atoms with Gasteiger partial charge in [-0.05, 0) is 55.3 Å². The molecule has 0 aliphatic rings. The maximum absolute atomic E-state index is 12.7. The van der Waals surface area contributed by atoms with Crippen molar-refractivity contribution in [2.45, 2.75) is 32.6 Å². The summed E-state index contributed by atoms with van der Waals surface area (Å²) < 4.78 is 26.8. The van der Waals surface area contributed by atoms with E-state index in [2.05, 4.69) is 5.32 Å². The van der Waals surface area contributed by atoms with Gasteiger partial charge in [-0.2, -0.15) is 4.31 Å². The fourth-order valence-electron chi connectivity index (χ4n) is 2.57. The Bertz CT molecular complexity index is 922. The average molecular weight is 395 g/mol. The Hall–Kier alpha value is -1.89. The van der Waals surface area contributed by atoms with E-state index in [0.717, 1.165) is 11.1 Å². The van der Waals surface area contributed by atoms with Crippen LogP contribution in [0.5, 0.6) is 0 Å². The molecule has 0 unspecified atom stereocenters. The first-order valence-corrected chi connectivity index (χ1v) is 10.2. The first kappa shape index (κ1) is 20.4. The second-order valence-electron chi connectivity index (χ2n) is 5.99. The van der Waals surface area contributed by atoms with Gasteiger partial charge >= 0.3 is 0 Å². The number of aryl methyl sites for hydroxylation is 2. The minimum absolute atomic E-state index is 0.0596. The van der Waals surface area contributed by atoms with E-state index >= 15 is 0 Å². The van der Waals surface area contributed by atoms with Crippen LogP contribution >= 0.6 is 11.6 Å². The number of sulfonamides is 1. The third-order valence-electron chi connectivity index (χ3n) is 4.28. The van der Waals surface area contributed by atoms with E-state index < -0.39 is 10.0 Å². The van der Waals surface area contributed by atoms with Crippen LogP contribution in [0, 0.1) is 13.8 Å². The SMILES string of the molecule is CCN(CC)S(=O)(=O)c1cc(C(=O)Nc2ccc(C)c(C)c2)ccc1Cl. The van der Waals surface area contributed by atoms with Crippen molar-refractivity contribution < 1.29 is 13.2 Å². The molecule has 0 aliphatic carbocycles. The second-order valence-corrected chi connectivity index (χ2v) is 8.30. The van der Waals surface area contributed by atoms with Crippen LogP contribution < -0.4 is 5.32 Å². The lowest BCUT2D eigenvalue weighted by Gasteiger charge is -2.19. The van der Waals surface area contributed by atoms with Crippen molar-refractivity contribution in [3.8, 4) is 0 Å². The van der Waals surface area contributed by atoms with Crippen LogP contribution in [-0.4, -0.2) is 31.7 Å². The largest absolute Gasteiger partial charge is 0.322 e. The van der Waals surface area contributed by atoms with Crippen molar-refractivity contribution in [2.75, 3.05) is 18.4 Å². The first-order chi connectivity index (χ1) is 12.2. The number of carbonyl (C=O) groups excluding carboxylic acids is 1. The molecule has 0 aliphatic heterocycles. The van der Waals surface area contributed by atoms with Crippen LogP contribution in [0.15, 0.2) is 41.3 Å². The molecule has 2 aromatic carbocycles. The highest BCUT2D eigenvalue weighted by Crippen LogP contribution is 2.26. The Morgan fingerprint density at radius 1 is 1.04 bits per heavy atom. The molecule has 0 atom stereocenters. The normalized spacial score (nSPS) is 11.6. The summed E-state index contributed by atoms with van der Waals surface area (Å²) in [6, 6.07) is 9.88. The number of hydrogen-bond acceptors (Lipinski definition) is 3. The van der Waals surface area contributed by atoms with E-state index in [4.69, 9.17) is 11.6 Å². The lowest BCUT2D eigenvalue weighted by molar-refractivity contribution is 0.102. The molecule has 26 heavy (non-hydrogen) atoms. The molecule has 0 spiro atoms. The summed E-state index contributed by atoms with van der Waals surface area (Å²) in [7, 11) is -3.75. The third-order valence-corrected chi connectivity index (χ3v) is 6.81. The first-order valence-electron chi connectivity index (χ1n) is 8.39. The minimum Gasteiger partial charge on any atom is -0.322 e. The van der Waals surface area contributed by atoms with Gasteiger partial charge in [-0.15, -0.1) is 0 Å². The third kappa shape index (κ3) is 4.26. The van der Waals surface area contributed by atoms with E-state index in [1.54, 1.807) is 13.8 Å². The van der Waals surface area contributed by atoms with Crippen LogP contribution in [0.25, 0.3) is 0 Å². The Labute approximate surface area is 160 Å². The Balaban J connectivity index is 2.36. The van der Waals surface area contributed by atoms with Crippen LogP contribution in [0.3, 0.4) is 0 Å². The van der Waals surface area contributed by atoms with Crippen molar-refractivity contribution >= 4 is 33.2 Å². The Morgan fingerprint density at radius 2 is 1.69 bits per heavy atom. The molecule has 7 heteroatoms. The zero-order valence-corrected chi connectivity index (χ0v) is 16.9. The van der Waals surface area contributed by atoms with Gasteiger partial charge in [0.25, 0.3) is 5.91 Å². The summed E-state index contributed by atoms with van der Waals surface area (Å²) in [6.07, 6.45) is 0. The molecule has 0 saturated heterocycles. The number of rotatable bonds is 6. The number of hydrogen-bond donors (Lipinski definition) is 1. The molecule has 0 fully saturated rings. The number of nitrogens with zero attached hydrogens (tertiary/aromatic N) is 1. The molecular formula is C19H23ClN2O3S. The fourth-order valence-corrected chi connectivity index (χ4v) is 4.53. The molecule has 1 N–H and O–H groups in total. The number of carbonyl (C=O) groups is 1. The molecule has 140 valence electrons. The van der Waals surface area contributed by atoms with E-state index in [1.807, 2.05) is 32.0 Å². The van der Waals surface area contributed by atoms with Crippen LogP contribution in [0.2, 0.25) is 5.02 Å². The molecule has 0 saturated carbocycles. The average Bonchev–Trinajstić information content (AvgIpc) is 2.59.